The number of thiol groups is 2. The lowest BCUT2D eigenvalue weighted by atomic mass is 9.98. The number of carboxylic acid groups (broad SMARTS) is 1. The molecular formula is C19H22O4S2. The average molecular weight is 379 g/mol. The highest BCUT2D eigenvalue weighted by Crippen LogP contribution is 2.11. The highest BCUT2D eigenvalue weighted by Gasteiger charge is 2.18. The molecule has 2 rings (SSSR count). The number of carboxylic acids is 1. The van der Waals surface area contributed by atoms with Crippen LogP contribution < -0.4 is 0 Å². The molecule has 0 aliphatic heterocycles. The van der Waals surface area contributed by atoms with E-state index in [4.69, 9.17) is 5.11 Å². The summed E-state index contributed by atoms with van der Waals surface area (Å²) in [6, 6.07) is 17.9. The minimum Gasteiger partial charge on any atom is -0.481 e. The molecule has 0 bridgehead atoms. The number of benzene rings is 2. The van der Waals surface area contributed by atoms with Gasteiger partial charge in [0.25, 0.3) is 0 Å². The van der Waals surface area contributed by atoms with E-state index in [0.29, 0.717) is 11.1 Å². The van der Waals surface area contributed by atoms with Gasteiger partial charge in [-0.3, -0.25) is 14.4 Å². The van der Waals surface area contributed by atoms with E-state index < -0.39 is 11.4 Å². The Morgan fingerprint density at radius 1 is 0.720 bits per heavy atom. The lowest BCUT2D eigenvalue weighted by Gasteiger charge is -2.08. The first-order valence-electron chi connectivity index (χ1n) is 7.35. The molecule has 0 amide bonds. The first-order chi connectivity index (χ1) is 11.6. The summed E-state index contributed by atoms with van der Waals surface area (Å²) in [7, 11) is 0. The summed E-state index contributed by atoms with van der Waals surface area (Å²) < 4.78 is 0. The third-order valence-corrected chi connectivity index (χ3v) is 3.20. The fraction of sp³-hybridized carbons (Fsp3) is 0.211. The minimum atomic E-state index is -0.757. The molecule has 0 spiro atoms. The van der Waals surface area contributed by atoms with Gasteiger partial charge in [-0.25, -0.2) is 0 Å². The summed E-state index contributed by atoms with van der Waals surface area (Å²) in [5.74, 6) is -0.757. The van der Waals surface area contributed by atoms with Crippen LogP contribution in [0.5, 0.6) is 0 Å². The SMILES string of the molecule is CC(C)(C)C(=O)O.O=C(S)c1ccccc1.O=C(S)c1ccccc1. The number of carbonyl (C=O) groups excluding carboxylic acids is 2. The highest BCUT2D eigenvalue weighted by atomic mass is 32.1. The van der Waals surface area contributed by atoms with Crippen LogP contribution in [0.25, 0.3) is 0 Å². The number of hydrogen-bond donors (Lipinski definition) is 3. The van der Waals surface area contributed by atoms with Crippen LogP contribution in [0.3, 0.4) is 0 Å². The van der Waals surface area contributed by atoms with Crippen molar-refractivity contribution >= 4 is 41.5 Å². The van der Waals surface area contributed by atoms with Gasteiger partial charge in [0.1, 0.15) is 0 Å². The Labute approximate surface area is 159 Å². The number of carbonyl (C=O) groups is 3. The average Bonchev–Trinajstić information content (AvgIpc) is 2.56. The Balaban J connectivity index is 0.000000350. The molecule has 2 aromatic carbocycles. The maximum Gasteiger partial charge on any atom is 0.308 e. The fourth-order valence-corrected chi connectivity index (χ4v) is 1.46. The van der Waals surface area contributed by atoms with Crippen molar-refractivity contribution < 1.29 is 19.5 Å². The second-order valence-corrected chi connectivity index (χ2v) is 6.71. The summed E-state index contributed by atoms with van der Waals surface area (Å²) in [4.78, 5) is 31.0. The predicted molar refractivity (Wildman–Crippen MR) is 107 cm³/mol. The first kappa shape index (κ1) is 22.9. The van der Waals surface area contributed by atoms with Crippen molar-refractivity contribution in [3.8, 4) is 0 Å². The van der Waals surface area contributed by atoms with Crippen molar-refractivity contribution in [2.24, 2.45) is 5.41 Å². The number of hydrogen-bond acceptors (Lipinski definition) is 3. The van der Waals surface area contributed by atoms with Crippen molar-refractivity contribution in [1.29, 1.82) is 0 Å². The first-order valence-corrected chi connectivity index (χ1v) is 8.25. The predicted octanol–water partition coefficient (Wildman–Crippen LogP) is 4.63. The minimum absolute atomic E-state index is 0.185. The Morgan fingerprint density at radius 3 is 1.08 bits per heavy atom. The second kappa shape index (κ2) is 11.5. The van der Waals surface area contributed by atoms with Gasteiger partial charge in [-0.2, -0.15) is 0 Å². The van der Waals surface area contributed by atoms with Gasteiger partial charge in [-0.1, -0.05) is 60.7 Å². The molecule has 0 saturated heterocycles. The van der Waals surface area contributed by atoms with Gasteiger partial charge in [0.05, 0.1) is 5.41 Å². The molecule has 0 heterocycles. The van der Waals surface area contributed by atoms with Gasteiger partial charge in [0, 0.05) is 11.1 Å². The summed E-state index contributed by atoms with van der Waals surface area (Å²) in [5.41, 5.74) is 0.696. The van der Waals surface area contributed by atoms with Gasteiger partial charge in [0.15, 0.2) is 0 Å². The molecule has 0 aromatic heterocycles. The normalized spacial score (nSPS) is 9.64. The molecule has 0 aliphatic rings. The zero-order valence-electron chi connectivity index (χ0n) is 14.3. The van der Waals surface area contributed by atoms with Crippen molar-refractivity contribution in [3.63, 3.8) is 0 Å². The van der Waals surface area contributed by atoms with Gasteiger partial charge >= 0.3 is 5.97 Å². The second-order valence-electron chi connectivity index (χ2n) is 5.90. The quantitative estimate of drug-likeness (QED) is 0.666. The molecule has 25 heavy (non-hydrogen) atoms. The van der Waals surface area contributed by atoms with Crippen molar-refractivity contribution in [2.75, 3.05) is 0 Å². The highest BCUT2D eigenvalue weighted by molar-refractivity contribution is 7.97. The Bertz CT molecular complexity index is 628. The largest absolute Gasteiger partial charge is 0.481 e. The maximum atomic E-state index is 10.5. The molecule has 0 aliphatic carbocycles. The molecule has 0 saturated carbocycles. The lowest BCUT2D eigenvalue weighted by Crippen LogP contribution is -2.18. The standard InChI is InChI=1S/2C7H6OS.C5H10O2/c2*8-7(9)6-4-2-1-3-5-6;1-5(2,3)4(6)7/h2*1-5H,(H,8,9);1-3H3,(H,6,7). The van der Waals surface area contributed by atoms with Crippen molar-refractivity contribution in [3.05, 3.63) is 71.8 Å². The molecule has 0 unspecified atom stereocenters. The molecule has 134 valence electrons. The number of rotatable bonds is 2. The van der Waals surface area contributed by atoms with Gasteiger partial charge < -0.3 is 5.11 Å². The topological polar surface area (TPSA) is 71.4 Å². The van der Waals surface area contributed by atoms with E-state index in [1.807, 2.05) is 36.4 Å². The molecule has 0 fully saturated rings. The Hall–Kier alpha value is -2.05. The summed E-state index contributed by atoms with van der Waals surface area (Å²) in [6.45, 7) is 4.99. The van der Waals surface area contributed by atoms with Crippen LogP contribution in [-0.2, 0) is 4.79 Å². The summed E-state index contributed by atoms with van der Waals surface area (Å²) >= 11 is 7.30. The van der Waals surface area contributed by atoms with E-state index >= 15 is 0 Å². The third-order valence-electron chi connectivity index (χ3n) is 2.68. The maximum absolute atomic E-state index is 10.5. The Morgan fingerprint density at radius 2 is 0.960 bits per heavy atom. The van der Waals surface area contributed by atoms with E-state index in [2.05, 4.69) is 25.3 Å². The molecule has 1 N–H and O–H groups in total. The molecular weight excluding hydrogens is 356 g/mol. The van der Waals surface area contributed by atoms with Crippen molar-refractivity contribution in [2.45, 2.75) is 20.8 Å². The Kier molecular flexibility index (Phi) is 10.6. The molecule has 0 radical (unpaired) electrons. The molecule has 2 aromatic rings. The van der Waals surface area contributed by atoms with Crippen LogP contribution in [0.2, 0.25) is 0 Å². The van der Waals surface area contributed by atoms with Gasteiger partial charge in [0.2, 0.25) is 10.2 Å². The fourth-order valence-electron chi connectivity index (χ4n) is 1.16. The van der Waals surface area contributed by atoms with Crippen LogP contribution in [0, 0.1) is 5.41 Å². The summed E-state index contributed by atoms with van der Waals surface area (Å²) in [6.07, 6.45) is 0. The third kappa shape index (κ3) is 11.2. The summed E-state index contributed by atoms with van der Waals surface area (Å²) in [5, 5.41) is 7.88. The number of aliphatic carboxylic acids is 1. The lowest BCUT2D eigenvalue weighted by molar-refractivity contribution is -0.145. The molecule has 0 atom stereocenters. The van der Waals surface area contributed by atoms with Crippen LogP contribution in [0.15, 0.2) is 60.7 Å². The van der Waals surface area contributed by atoms with E-state index in [1.54, 1.807) is 45.0 Å². The van der Waals surface area contributed by atoms with Crippen molar-refractivity contribution in [1.82, 2.24) is 0 Å². The molecule has 6 heteroatoms. The zero-order valence-corrected chi connectivity index (χ0v) is 16.1. The van der Waals surface area contributed by atoms with E-state index in [-0.39, 0.29) is 10.2 Å². The zero-order chi connectivity index (χ0) is 19.5. The van der Waals surface area contributed by atoms with Crippen LogP contribution >= 0.6 is 25.3 Å². The monoisotopic (exact) mass is 378 g/mol. The van der Waals surface area contributed by atoms with Gasteiger partial charge in [-0.15, -0.1) is 25.3 Å². The van der Waals surface area contributed by atoms with Crippen LogP contribution in [-0.4, -0.2) is 21.3 Å². The smallest absolute Gasteiger partial charge is 0.308 e. The van der Waals surface area contributed by atoms with Crippen LogP contribution in [0.4, 0.5) is 0 Å². The van der Waals surface area contributed by atoms with Gasteiger partial charge in [-0.05, 0) is 20.8 Å². The molecule has 4 nitrogen and oxygen atoms in total. The van der Waals surface area contributed by atoms with Crippen LogP contribution in [0.1, 0.15) is 41.5 Å². The van der Waals surface area contributed by atoms with E-state index in [1.165, 1.54) is 0 Å². The van der Waals surface area contributed by atoms with E-state index in [9.17, 15) is 14.4 Å². The van der Waals surface area contributed by atoms with E-state index in [0.717, 1.165) is 0 Å².